The van der Waals surface area contributed by atoms with Crippen molar-refractivity contribution in [3.63, 3.8) is 0 Å². The molecule has 6 nitrogen and oxygen atoms in total. The van der Waals surface area contributed by atoms with E-state index in [2.05, 4.69) is 0 Å². The van der Waals surface area contributed by atoms with E-state index in [1.165, 1.54) is 24.3 Å². The Labute approximate surface area is 107 Å². The highest BCUT2D eigenvalue weighted by Crippen LogP contribution is 2.28. The molecule has 0 fully saturated rings. The van der Waals surface area contributed by atoms with E-state index in [4.69, 9.17) is 5.11 Å². The molecule has 0 radical (unpaired) electrons. The molecule has 0 amide bonds. The molecule has 19 heavy (non-hydrogen) atoms. The minimum Gasteiger partial charge on any atom is -0.508 e. The minimum atomic E-state index is -1.25. The van der Waals surface area contributed by atoms with Gasteiger partial charge in [0, 0.05) is 12.1 Å². The third kappa shape index (κ3) is 2.68. The fourth-order valence-electron chi connectivity index (χ4n) is 1.69. The smallest absolute Gasteiger partial charge is 0.335 e. The standard InChI is InChI=1S/C13H9NO5/c15-12-3-1-2-8(7-12)9-4-10(13(16)17)6-11(5-9)14(18)19/h1-7,15H,(H,16,17). The van der Waals surface area contributed by atoms with Gasteiger partial charge in [-0.1, -0.05) is 12.1 Å². The van der Waals surface area contributed by atoms with Crippen molar-refractivity contribution < 1.29 is 19.9 Å². The van der Waals surface area contributed by atoms with Crippen molar-refractivity contribution in [2.45, 2.75) is 0 Å². The zero-order valence-corrected chi connectivity index (χ0v) is 9.61. The second-order valence-corrected chi connectivity index (χ2v) is 3.88. The molecule has 0 aliphatic rings. The molecule has 2 rings (SSSR count). The first-order valence-corrected chi connectivity index (χ1v) is 5.29. The number of nitro benzene ring substituents is 1. The van der Waals surface area contributed by atoms with Crippen molar-refractivity contribution in [1.29, 1.82) is 0 Å². The first-order chi connectivity index (χ1) is 8.97. The number of rotatable bonds is 3. The Balaban J connectivity index is 2.62. The van der Waals surface area contributed by atoms with Crippen LogP contribution in [-0.4, -0.2) is 21.1 Å². The molecule has 0 saturated carbocycles. The van der Waals surface area contributed by atoms with Gasteiger partial charge in [-0.25, -0.2) is 4.79 Å². The predicted molar refractivity (Wildman–Crippen MR) is 67.2 cm³/mol. The number of phenolic OH excluding ortho intramolecular Hbond substituents is 1. The van der Waals surface area contributed by atoms with E-state index in [9.17, 15) is 20.0 Å². The number of hydrogen-bond acceptors (Lipinski definition) is 4. The zero-order chi connectivity index (χ0) is 14.0. The van der Waals surface area contributed by atoms with E-state index < -0.39 is 10.9 Å². The Hall–Kier alpha value is -2.89. The van der Waals surface area contributed by atoms with Gasteiger partial charge in [0.2, 0.25) is 0 Å². The molecule has 0 unspecified atom stereocenters. The van der Waals surface area contributed by atoms with Crippen LogP contribution in [0.15, 0.2) is 42.5 Å². The van der Waals surface area contributed by atoms with E-state index >= 15 is 0 Å². The molecule has 0 aliphatic heterocycles. The maximum Gasteiger partial charge on any atom is 0.335 e. The van der Waals surface area contributed by atoms with Crippen LogP contribution in [0.5, 0.6) is 5.75 Å². The summed E-state index contributed by atoms with van der Waals surface area (Å²) >= 11 is 0. The maximum absolute atomic E-state index is 11.0. The number of carboxylic acid groups (broad SMARTS) is 1. The van der Waals surface area contributed by atoms with E-state index in [-0.39, 0.29) is 17.0 Å². The highest BCUT2D eigenvalue weighted by Gasteiger charge is 2.14. The molecule has 0 saturated heterocycles. The molecule has 0 aromatic heterocycles. The van der Waals surface area contributed by atoms with Crippen LogP contribution >= 0.6 is 0 Å². The van der Waals surface area contributed by atoms with Crippen LogP contribution in [-0.2, 0) is 0 Å². The highest BCUT2D eigenvalue weighted by atomic mass is 16.6. The van der Waals surface area contributed by atoms with Gasteiger partial charge < -0.3 is 10.2 Å². The van der Waals surface area contributed by atoms with Crippen molar-refractivity contribution in [3.8, 4) is 16.9 Å². The molecule has 0 spiro atoms. The van der Waals surface area contributed by atoms with Gasteiger partial charge in [-0.2, -0.15) is 0 Å². The molecule has 96 valence electrons. The number of carboxylic acids is 1. The van der Waals surface area contributed by atoms with Crippen molar-refractivity contribution in [3.05, 3.63) is 58.1 Å². The van der Waals surface area contributed by atoms with Crippen molar-refractivity contribution >= 4 is 11.7 Å². The number of non-ortho nitro benzene ring substituents is 1. The molecule has 0 atom stereocenters. The number of phenols is 1. The van der Waals surface area contributed by atoms with Gasteiger partial charge >= 0.3 is 5.97 Å². The quantitative estimate of drug-likeness (QED) is 0.651. The Morgan fingerprint density at radius 1 is 1.11 bits per heavy atom. The molecule has 2 aromatic carbocycles. The average molecular weight is 259 g/mol. The van der Waals surface area contributed by atoms with Crippen molar-refractivity contribution in [2.75, 3.05) is 0 Å². The average Bonchev–Trinajstić information content (AvgIpc) is 2.38. The third-order valence-electron chi connectivity index (χ3n) is 2.56. The van der Waals surface area contributed by atoms with Gasteiger partial charge in [-0.15, -0.1) is 0 Å². The van der Waals surface area contributed by atoms with Gasteiger partial charge in [0.15, 0.2) is 0 Å². The Kier molecular flexibility index (Phi) is 3.15. The summed E-state index contributed by atoms with van der Waals surface area (Å²) in [7, 11) is 0. The lowest BCUT2D eigenvalue weighted by atomic mass is 10.0. The Morgan fingerprint density at radius 3 is 2.42 bits per heavy atom. The van der Waals surface area contributed by atoms with Crippen LogP contribution in [0.4, 0.5) is 5.69 Å². The first kappa shape index (κ1) is 12.6. The van der Waals surface area contributed by atoms with E-state index in [1.807, 2.05) is 0 Å². The lowest BCUT2D eigenvalue weighted by molar-refractivity contribution is -0.384. The van der Waals surface area contributed by atoms with Gasteiger partial charge in [-0.3, -0.25) is 10.1 Å². The second-order valence-electron chi connectivity index (χ2n) is 3.88. The second kappa shape index (κ2) is 4.77. The van der Waals surface area contributed by atoms with Crippen LogP contribution < -0.4 is 0 Å². The summed E-state index contributed by atoms with van der Waals surface area (Å²) in [5.74, 6) is -1.24. The number of nitrogens with zero attached hydrogens (tertiary/aromatic N) is 1. The molecule has 2 aromatic rings. The predicted octanol–water partition coefficient (Wildman–Crippen LogP) is 2.67. The Bertz CT molecular complexity index is 634. The van der Waals surface area contributed by atoms with Gasteiger partial charge in [0.05, 0.1) is 10.5 Å². The van der Waals surface area contributed by atoms with Crippen LogP contribution in [0.1, 0.15) is 10.4 Å². The molecule has 0 bridgehead atoms. The first-order valence-electron chi connectivity index (χ1n) is 5.29. The van der Waals surface area contributed by atoms with Crippen molar-refractivity contribution in [1.82, 2.24) is 0 Å². The summed E-state index contributed by atoms with van der Waals surface area (Å²) in [5.41, 5.74) is 0.388. The van der Waals surface area contributed by atoms with Crippen LogP contribution in [0.25, 0.3) is 11.1 Å². The largest absolute Gasteiger partial charge is 0.508 e. The zero-order valence-electron chi connectivity index (χ0n) is 9.61. The Morgan fingerprint density at radius 2 is 1.84 bits per heavy atom. The number of aromatic hydroxyl groups is 1. The van der Waals surface area contributed by atoms with Gasteiger partial charge in [-0.05, 0) is 29.3 Å². The van der Waals surface area contributed by atoms with Crippen molar-refractivity contribution in [2.24, 2.45) is 0 Å². The molecule has 0 aliphatic carbocycles. The molecular formula is C13H9NO5. The topological polar surface area (TPSA) is 101 Å². The van der Waals surface area contributed by atoms with Crippen LogP contribution in [0, 0.1) is 10.1 Å². The monoisotopic (exact) mass is 259 g/mol. The van der Waals surface area contributed by atoms with Gasteiger partial charge in [0.1, 0.15) is 5.75 Å². The number of hydrogen-bond donors (Lipinski definition) is 2. The minimum absolute atomic E-state index is 0.000816. The third-order valence-corrected chi connectivity index (χ3v) is 2.56. The molecule has 2 N–H and O–H groups in total. The molecule has 6 heteroatoms. The number of aromatic carboxylic acids is 1. The number of nitro groups is 1. The van der Waals surface area contributed by atoms with Gasteiger partial charge in [0.25, 0.3) is 5.69 Å². The highest BCUT2D eigenvalue weighted by molar-refractivity contribution is 5.90. The van der Waals surface area contributed by atoms with Crippen LogP contribution in [0.3, 0.4) is 0 Å². The number of carbonyl (C=O) groups is 1. The lowest BCUT2D eigenvalue weighted by Crippen LogP contribution is -1.99. The summed E-state index contributed by atoms with van der Waals surface area (Å²) in [6.07, 6.45) is 0. The summed E-state index contributed by atoms with van der Waals surface area (Å²) in [6, 6.07) is 9.65. The summed E-state index contributed by atoms with van der Waals surface area (Å²) in [6.45, 7) is 0. The fourth-order valence-corrected chi connectivity index (χ4v) is 1.69. The molecule has 0 heterocycles. The normalized spacial score (nSPS) is 10.1. The van der Waals surface area contributed by atoms with E-state index in [1.54, 1.807) is 12.1 Å². The lowest BCUT2D eigenvalue weighted by Gasteiger charge is -2.04. The molecular weight excluding hydrogens is 250 g/mol. The summed E-state index contributed by atoms with van der Waals surface area (Å²) < 4.78 is 0. The van der Waals surface area contributed by atoms with E-state index in [0.29, 0.717) is 11.1 Å². The maximum atomic E-state index is 11.0. The van der Waals surface area contributed by atoms with E-state index in [0.717, 1.165) is 6.07 Å². The fraction of sp³-hybridized carbons (Fsp3) is 0. The SMILES string of the molecule is O=C(O)c1cc(-c2cccc(O)c2)cc([N+](=O)[O-])c1. The summed E-state index contributed by atoms with van der Waals surface area (Å²) in [5, 5.41) is 29.1. The van der Waals surface area contributed by atoms with Crippen LogP contribution in [0.2, 0.25) is 0 Å². The number of benzene rings is 2. The summed E-state index contributed by atoms with van der Waals surface area (Å²) in [4.78, 5) is 21.1.